The number of hydrogen-bond donors (Lipinski definition) is 1. The summed E-state index contributed by atoms with van der Waals surface area (Å²) in [5, 5.41) is 2.91. The van der Waals surface area contributed by atoms with Crippen LogP contribution in [0.3, 0.4) is 0 Å². The predicted molar refractivity (Wildman–Crippen MR) is 66.3 cm³/mol. The summed E-state index contributed by atoms with van der Waals surface area (Å²) in [6.07, 6.45) is 6.20. The van der Waals surface area contributed by atoms with Crippen molar-refractivity contribution in [1.82, 2.24) is 5.32 Å². The number of alkyl carbamates (subject to hydrolysis) is 1. The minimum atomic E-state index is -0.305. The first-order valence-corrected chi connectivity index (χ1v) is 6.13. The van der Waals surface area contributed by atoms with Gasteiger partial charge in [-0.15, -0.1) is 0 Å². The quantitative estimate of drug-likeness (QED) is 0.869. The SMILES string of the molecule is O=C(NC1CC[CH]CC1)OCc1ccccc1. The lowest BCUT2D eigenvalue weighted by Gasteiger charge is -2.22. The number of rotatable bonds is 3. The minimum absolute atomic E-state index is 0.281. The van der Waals surface area contributed by atoms with Crippen LogP contribution >= 0.6 is 0 Å². The molecule has 0 heterocycles. The van der Waals surface area contributed by atoms with Gasteiger partial charge in [0, 0.05) is 6.04 Å². The zero-order valence-corrected chi connectivity index (χ0v) is 9.89. The van der Waals surface area contributed by atoms with Crippen LogP contribution in [0.1, 0.15) is 31.2 Å². The van der Waals surface area contributed by atoms with Crippen molar-refractivity contribution in [2.75, 3.05) is 0 Å². The van der Waals surface area contributed by atoms with E-state index < -0.39 is 0 Å². The maximum atomic E-state index is 11.5. The number of carbonyl (C=O) groups excluding carboxylic acids is 1. The van der Waals surface area contributed by atoms with E-state index in [2.05, 4.69) is 11.7 Å². The minimum Gasteiger partial charge on any atom is -0.445 e. The van der Waals surface area contributed by atoms with E-state index in [-0.39, 0.29) is 12.1 Å². The second kappa shape index (κ2) is 6.28. The smallest absolute Gasteiger partial charge is 0.407 e. The molecule has 1 saturated carbocycles. The molecular formula is C14H18NO2. The normalized spacial score (nSPS) is 16.5. The van der Waals surface area contributed by atoms with E-state index in [0.717, 1.165) is 31.2 Å². The first kappa shape index (κ1) is 12.0. The van der Waals surface area contributed by atoms with Crippen LogP contribution in [0.4, 0.5) is 4.79 Å². The molecule has 1 aromatic carbocycles. The predicted octanol–water partition coefficient (Wildman–Crippen LogP) is 3.06. The summed E-state index contributed by atoms with van der Waals surface area (Å²) >= 11 is 0. The van der Waals surface area contributed by atoms with Gasteiger partial charge in [0.1, 0.15) is 6.61 Å². The van der Waals surface area contributed by atoms with Gasteiger partial charge in [-0.3, -0.25) is 0 Å². The van der Waals surface area contributed by atoms with Gasteiger partial charge in [-0.05, 0) is 37.7 Å². The third-order valence-corrected chi connectivity index (χ3v) is 2.97. The van der Waals surface area contributed by atoms with E-state index in [1.807, 2.05) is 30.3 Å². The molecule has 0 bridgehead atoms. The molecule has 1 aromatic rings. The molecule has 3 heteroatoms. The zero-order valence-electron chi connectivity index (χ0n) is 9.89. The molecule has 0 atom stereocenters. The molecule has 1 aliphatic rings. The van der Waals surface area contributed by atoms with Crippen LogP contribution in [-0.4, -0.2) is 12.1 Å². The van der Waals surface area contributed by atoms with Crippen LogP contribution in [0.5, 0.6) is 0 Å². The molecule has 0 aliphatic heterocycles. The summed E-state index contributed by atoms with van der Waals surface area (Å²) in [6.45, 7) is 0.339. The maximum absolute atomic E-state index is 11.5. The van der Waals surface area contributed by atoms with Crippen molar-refractivity contribution in [2.24, 2.45) is 0 Å². The second-order valence-electron chi connectivity index (χ2n) is 4.35. The van der Waals surface area contributed by atoms with E-state index in [4.69, 9.17) is 4.74 Å². The number of carbonyl (C=O) groups is 1. The van der Waals surface area contributed by atoms with Gasteiger partial charge >= 0.3 is 6.09 Å². The van der Waals surface area contributed by atoms with Crippen LogP contribution in [0.25, 0.3) is 0 Å². The molecule has 1 radical (unpaired) electrons. The van der Waals surface area contributed by atoms with Crippen LogP contribution < -0.4 is 5.32 Å². The van der Waals surface area contributed by atoms with Gasteiger partial charge in [0.15, 0.2) is 0 Å². The van der Waals surface area contributed by atoms with Gasteiger partial charge in [0.05, 0.1) is 0 Å². The average molecular weight is 232 g/mol. The van der Waals surface area contributed by atoms with Crippen molar-refractivity contribution in [3.8, 4) is 0 Å². The Morgan fingerprint density at radius 2 is 1.94 bits per heavy atom. The highest BCUT2D eigenvalue weighted by Crippen LogP contribution is 2.16. The Balaban J connectivity index is 1.70. The maximum Gasteiger partial charge on any atom is 0.407 e. The van der Waals surface area contributed by atoms with Gasteiger partial charge < -0.3 is 10.1 Å². The largest absolute Gasteiger partial charge is 0.445 e. The molecule has 0 spiro atoms. The van der Waals surface area contributed by atoms with Crippen LogP contribution in [-0.2, 0) is 11.3 Å². The summed E-state index contributed by atoms with van der Waals surface area (Å²) in [4.78, 5) is 11.5. The zero-order chi connectivity index (χ0) is 11.9. The molecule has 0 saturated heterocycles. The van der Waals surface area contributed by atoms with E-state index in [0.29, 0.717) is 6.61 Å². The lowest BCUT2D eigenvalue weighted by molar-refractivity contribution is 0.134. The fourth-order valence-electron chi connectivity index (χ4n) is 2.00. The average Bonchev–Trinajstić information content (AvgIpc) is 2.39. The molecule has 3 nitrogen and oxygen atoms in total. The summed E-state index contributed by atoms with van der Waals surface area (Å²) < 4.78 is 5.17. The molecule has 2 rings (SSSR count). The fourth-order valence-corrected chi connectivity index (χ4v) is 2.00. The lowest BCUT2D eigenvalue weighted by Crippen LogP contribution is -2.36. The Morgan fingerprint density at radius 3 is 2.65 bits per heavy atom. The standard InChI is InChI=1S/C14H18NO2/c16-14(15-13-9-5-2-6-10-13)17-11-12-7-3-1-4-8-12/h1-4,7-8,13H,5-6,9-11H2,(H,15,16). The van der Waals surface area contributed by atoms with Crippen LogP contribution in [0, 0.1) is 6.42 Å². The Morgan fingerprint density at radius 1 is 1.24 bits per heavy atom. The van der Waals surface area contributed by atoms with E-state index in [9.17, 15) is 4.79 Å². The van der Waals surface area contributed by atoms with Crippen LogP contribution in [0.15, 0.2) is 30.3 Å². The Bertz CT molecular complexity index is 344. The molecule has 91 valence electrons. The van der Waals surface area contributed by atoms with Crippen molar-refractivity contribution < 1.29 is 9.53 Å². The molecule has 1 amide bonds. The summed E-state index contributed by atoms with van der Waals surface area (Å²) in [5.41, 5.74) is 1.01. The van der Waals surface area contributed by atoms with Gasteiger partial charge in [-0.25, -0.2) is 4.79 Å². The third-order valence-electron chi connectivity index (χ3n) is 2.97. The van der Waals surface area contributed by atoms with E-state index in [1.165, 1.54) is 0 Å². The number of nitrogens with one attached hydrogen (secondary N) is 1. The lowest BCUT2D eigenvalue weighted by atomic mass is 9.96. The Hall–Kier alpha value is -1.51. The van der Waals surface area contributed by atoms with Gasteiger partial charge in [0.25, 0.3) is 0 Å². The molecule has 0 unspecified atom stereocenters. The highest BCUT2D eigenvalue weighted by molar-refractivity contribution is 5.67. The molecule has 1 aliphatic carbocycles. The van der Waals surface area contributed by atoms with Gasteiger partial charge in [-0.2, -0.15) is 0 Å². The van der Waals surface area contributed by atoms with Crippen molar-refractivity contribution in [1.29, 1.82) is 0 Å². The highest BCUT2D eigenvalue weighted by Gasteiger charge is 2.16. The number of ether oxygens (including phenoxy) is 1. The van der Waals surface area contributed by atoms with Crippen molar-refractivity contribution in [3.05, 3.63) is 42.3 Å². The Kier molecular flexibility index (Phi) is 4.42. The Labute approximate surface area is 102 Å². The number of benzene rings is 1. The first-order chi connectivity index (χ1) is 8.34. The van der Waals surface area contributed by atoms with Gasteiger partial charge in [0.2, 0.25) is 0 Å². The molecule has 1 N–H and O–H groups in total. The topological polar surface area (TPSA) is 38.3 Å². The summed E-state index contributed by atoms with van der Waals surface area (Å²) in [6, 6.07) is 10.00. The fraction of sp³-hybridized carbons (Fsp3) is 0.429. The molecule has 1 fully saturated rings. The third kappa shape index (κ3) is 4.10. The van der Waals surface area contributed by atoms with Crippen molar-refractivity contribution in [3.63, 3.8) is 0 Å². The van der Waals surface area contributed by atoms with Crippen molar-refractivity contribution in [2.45, 2.75) is 38.3 Å². The number of hydrogen-bond acceptors (Lipinski definition) is 2. The first-order valence-electron chi connectivity index (χ1n) is 6.13. The second-order valence-corrected chi connectivity index (χ2v) is 4.35. The van der Waals surface area contributed by atoms with E-state index >= 15 is 0 Å². The molecule has 0 aromatic heterocycles. The van der Waals surface area contributed by atoms with Gasteiger partial charge in [-0.1, -0.05) is 30.3 Å². The monoisotopic (exact) mass is 232 g/mol. The van der Waals surface area contributed by atoms with E-state index in [1.54, 1.807) is 0 Å². The summed E-state index contributed by atoms with van der Waals surface area (Å²) in [7, 11) is 0. The van der Waals surface area contributed by atoms with Crippen molar-refractivity contribution >= 4 is 6.09 Å². The highest BCUT2D eigenvalue weighted by atomic mass is 16.5. The van der Waals surface area contributed by atoms with Crippen LogP contribution in [0.2, 0.25) is 0 Å². The number of amides is 1. The summed E-state index contributed by atoms with van der Waals surface area (Å²) in [5.74, 6) is 0. The molecular weight excluding hydrogens is 214 g/mol. The molecule has 17 heavy (non-hydrogen) atoms.